The molecule has 0 radical (unpaired) electrons. The minimum atomic E-state index is -0.105. The van der Waals surface area contributed by atoms with Gasteiger partial charge in [-0.05, 0) is 13.3 Å². The summed E-state index contributed by atoms with van der Waals surface area (Å²) in [5.74, 6) is -0.0540. The van der Waals surface area contributed by atoms with Crippen LogP contribution in [0.4, 0.5) is 0 Å². The van der Waals surface area contributed by atoms with Crippen molar-refractivity contribution < 1.29 is 4.79 Å². The average Bonchev–Trinajstić information content (AvgIpc) is 1.98. The highest BCUT2D eigenvalue weighted by Gasteiger charge is 1.93. The van der Waals surface area contributed by atoms with Gasteiger partial charge in [0.15, 0.2) is 0 Å². The Balaban J connectivity index is 3.11. The molecule has 58 valence electrons. The Kier molecular flexibility index (Phi) is 6.29. The lowest BCUT2D eigenvalue weighted by Crippen LogP contribution is -2.24. The van der Waals surface area contributed by atoms with Crippen molar-refractivity contribution >= 4 is 17.5 Å². The molecule has 2 nitrogen and oxygen atoms in total. The molecule has 0 aromatic heterocycles. The summed E-state index contributed by atoms with van der Waals surface area (Å²) in [5, 5.41) is 2.64. The molecule has 0 aromatic carbocycles. The van der Waals surface area contributed by atoms with E-state index in [9.17, 15) is 4.79 Å². The lowest BCUT2D eigenvalue weighted by molar-refractivity contribution is -0.118. The van der Waals surface area contributed by atoms with Crippen molar-refractivity contribution in [1.82, 2.24) is 5.32 Å². The van der Waals surface area contributed by atoms with E-state index in [0.717, 1.165) is 6.42 Å². The molecule has 3 heteroatoms. The summed E-state index contributed by atoms with van der Waals surface area (Å²) >= 11 is 5.23. The fourth-order valence-electron chi connectivity index (χ4n) is 0.509. The normalized spacial score (nSPS) is 10.2. The van der Waals surface area contributed by atoms with Crippen molar-refractivity contribution in [2.24, 2.45) is 0 Å². The van der Waals surface area contributed by atoms with Gasteiger partial charge in [-0.25, -0.2) is 0 Å². The van der Waals surface area contributed by atoms with Crippen LogP contribution in [0.15, 0.2) is 12.2 Å². The topological polar surface area (TPSA) is 29.1 Å². The van der Waals surface area contributed by atoms with Gasteiger partial charge in [0.25, 0.3) is 0 Å². The zero-order chi connectivity index (χ0) is 7.82. The monoisotopic (exact) mass is 161 g/mol. The number of allylic oxidation sites excluding steroid dienone is 1. The Morgan fingerprint density at radius 1 is 1.70 bits per heavy atom. The second kappa shape index (κ2) is 6.62. The zero-order valence-electron chi connectivity index (χ0n) is 6.06. The van der Waals surface area contributed by atoms with Crippen LogP contribution in [-0.4, -0.2) is 18.3 Å². The number of carbonyl (C=O) groups excluding carboxylic acids is 1. The van der Waals surface area contributed by atoms with Crippen molar-refractivity contribution in [3.05, 3.63) is 12.2 Å². The summed E-state index contributed by atoms with van der Waals surface area (Å²) in [4.78, 5) is 10.5. The highest BCUT2D eigenvalue weighted by molar-refractivity contribution is 6.27. The second-order valence-corrected chi connectivity index (χ2v) is 2.11. The number of hydrogen-bond donors (Lipinski definition) is 1. The fourth-order valence-corrected chi connectivity index (χ4v) is 0.603. The molecule has 0 bridgehead atoms. The van der Waals surface area contributed by atoms with E-state index in [1.807, 2.05) is 19.1 Å². The van der Waals surface area contributed by atoms with Gasteiger partial charge in [0.05, 0.1) is 0 Å². The van der Waals surface area contributed by atoms with Crippen molar-refractivity contribution in [3.63, 3.8) is 0 Å². The van der Waals surface area contributed by atoms with Crippen molar-refractivity contribution in [3.8, 4) is 0 Å². The maximum Gasteiger partial charge on any atom is 0.234 e. The molecule has 0 aromatic rings. The zero-order valence-corrected chi connectivity index (χ0v) is 6.82. The van der Waals surface area contributed by atoms with Crippen molar-refractivity contribution in [2.45, 2.75) is 13.3 Å². The molecule has 0 atom stereocenters. The molecule has 0 unspecified atom stereocenters. The van der Waals surface area contributed by atoms with E-state index in [-0.39, 0.29) is 11.8 Å². The average molecular weight is 162 g/mol. The minimum absolute atomic E-state index is 0.0514. The summed E-state index contributed by atoms with van der Waals surface area (Å²) in [6, 6.07) is 0. The van der Waals surface area contributed by atoms with Gasteiger partial charge in [0.1, 0.15) is 5.88 Å². The number of alkyl halides is 1. The molecule has 0 aliphatic heterocycles. The van der Waals surface area contributed by atoms with E-state index in [1.165, 1.54) is 0 Å². The fraction of sp³-hybridized carbons (Fsp3) is 0.571. The first-order chi connectivity index (χ1) is 4.81. The van der Waals surface area contributed by atoms with Gasteiger partial charge >= 0.3 is 0 Å². The molecule has 0 spiro atoms. The predicted molar refractivity (Wildman–Crippen MR) is 43.2 cm³/mol. The van der Waals surface area contributed by atoms with E-state index >= 15 is 0 Å². The van der Waals surface area contributed by atoms with Gasteiger partial charge in [-0.15, -0.1) is 11.6 Å². The molecule has 10 heavy (non-hydrogen) atoms. The standard InChI is InChI=1S/C7H12ClNO/c1-2-3-4-5-9-7(10)6-8/h2-3H,4-6H2,1H3,(H,9,10)/b3-2+. The van der Waals surface area contributed by atoms with Crippen LogP contribution in [0.3, 0.4) is 0 Å². The Labute approximate surface area is 66.3 Å². The number of rotatable bonds is 4. The smallest absolute Gasteiger partial charge is 0.234 e. The quantitative estimate of drug-likeness (QED) is 0.376. The van der Waals surface area contributed by atoms with Crippen LogP contribution in [0.1, 0.15) is 13.3 Å². The Morgan fingerprint density at radius 3 is 2.90 bits per heavy atom. The summed E-state index contributed by atoms with van der Waals surface area (Å²) in [6.07, 6.45) is 4.82. The van der Waals surface area contributed by atoms with E-state index in [2.05, 4.69) is 5.32 Å². The third-order valence-electron chi connectivity index (χ3n) is 0.990. The SMILES string of the molecule is C/C=C/CCNC(=O)CCl. The van der Waals surface area contributed by atoms with Crippen LogP contribution in [0.5, 0.6) is 0 Å². The molecule has 0 heterocycles. The van der Waals surface area contributed by atoms with Gasteiger partial charge in [-0.2, -0.15) is 0 Å². The third-order valence-corrected chi connectivity index (χ3v) is 1.23. The first-order valence-electron chi connectivity index (χ1n) is 3.25. The molecule has 0 fully saturated rings. The van der Waals surface area contributed by atoms with Crippen molar-refractivity contribution in [2.75, 3.05) is 12.4 Å². The van der Waals surface area contributed by atoms with Gasteiger partial charge in [-0.3, -0.25) is 4.79 Å². The van der Waals surface area contributed by atoms with Crippen molar-refractivity contribution in [1.29, 1.82) is 0 Å². The van der Waals surface area contributed by atoms with E-state index in [0.29, 0.717) is 6.54 Å². The maximum absolute atomic E-state index is 10.5. The number of amides is 1. The maximum atomic E-state index is 10.5. The van der Waals surface area contributed by atoms with Gasteiger partial charge in [0.2, 0.25) is 5.91 Å². The third kappa shape index (κ3) is 5.63. The van der Waals surface area contributed by atoms with Crippen LogP contribution in [0, 0.1) is 0 Å². The second-order valence-electron chi connectivity index (χ2n) is 1.84. The first kappa shape index (κ1) is 9.50. The van der Waals surface area contributed by atoms with Gasteiger partial charge in [-0.1, -0.05) is 12.2 Å². The van der Waals surface area contributed by atoms with Crippen LogP contribution >= 0.6 is 11.6 Å². The molecular weight excluding hydrogens is 150 g/mol. The Bertz CT molecular complexity index is 123. The van der Waals surface area contributed by atoms with E-state index < -0.39 is 0 Å². The summed E-state index contributed by atoms with van der Waals surface area (Å²) in [5.41, 5.74) is 0. The van der Waals surface area contributed by atoms with Gasteiger partial charge < -0.3 is 5.32 Å². The molecule has 0 aliphatic rings. The predicted octanol–water partition coefficient (Wildman–Crippen LogP) is 1.31. The number of nitrogens with one attached hydrogen (secondary N) is 1. The number of hydrogen-bond acceptors (Lipinski definition) is 1. The molecule has 0 rings (SSSR count). The molecular formula is C7H12ClNO. The van der Waals surface area contributed by atoms with E-state index in [1.54, 1.807) is 0 Å². The number of halogens is 1. The molecule has 0 aliphatic carbocycles. The van der Waals surface area contributed by atoms with E-state index in [4.69, 9.17) is 11.6 Å². The molecule has 1 amide bonds. The summed E-state index contributed by atoms with van der Waals surface area (Å²) in [6.45, 7) is 2.62. The van der Waals surface area contributed by atoms with Crippen LogP contribution in [-0.2, 0) is 4.79 Å². The Morgan fingerprint density at radius 2 is 2.40 bits per heavy atom. The largest absolute Gasteiger partial charge is 0.355 e. The minimum Gasteiger partial charge on any atom is -0.355 e. The summed E-state index contributed by atoms with van der Waals surface area (Å²) in [7, 11) is 0. The first-order valence-corrected chi connectivity index (χ1v) is 3.78. The highest BCUT2D eigenvalue weighted by Crippen LogP contribution is 1.80. The Hall–Kier alpha value is -0.500. The lowest BCUT2D eigenvalue weighted by Gasteiger charge is -1.97. The number of carbonyl (C=O) groups is 1. The van der Waals surface area contributed by atoms with Crippen LogP contribution < -0.4 is 5.32 Å². The van der Waals surface area contributed by atoms with Gasteiger partial charge in [0, 0.05) is 6.54 Å². The highest BCUT2D eigenvalue weighted by atomic mass is 35.5. The van der Waals surface area contributed by atoms with Crippen LogP contribution in [0.2, 0.25) is 0 Å². The lowest BCUT2D eigenvalue weighted by atomic mass is 10.4. The molecule has 1 N–H and O–H groups in total. The van der Waals surface area contributed by atoms with Crippen LogP contribution in [0.25, 0.3) is 0 Å². The molecule has 0 saturated heterocycles. The molecule has 0 saturated carbocycles. The summed E-state index contributed by atoms with van der Waals surface area (Å²) < 4.78 is 0.